The number of hydrogen-bond donors (Lipinski definition) is 0. The van der Waals surface area contributed by atoms with Crippen molar-refractivity contribution in [2.24, 2.45) is 5.92 Å². The summed E-state index contributed by atoms with van der Waals surface area (Å²) in [6, 6.07) is 4.00. The van der Waals surface area contributed by atoms with Gasteiger partial charge in [-0.25, -0.2) is 0 Å². The van der Waals surface area contributed by atoms with E-state index in [-0.39, 0.29) is 11.7 Å². The summed E-state index contributed by atoms with van der Waals surface area (Å²) in [6.07, 6.45) is 3.84. The lowest BCUT2D eigenvalue weighted by Gasteiger charge is -2.37. The van der Waals surface area contributed by atoms with Crippen molar-refractivity contribution in [1.29, 1.82) is 0 Å². The van der Waals surface area contributed by atoms with Crippen molar-refractivity contribution in [3.8, 4) is 0 Å². The van der Waals surface area contributed by atoms with E-state index in [2.05, 4.69) is 4.90 Å². The number of thiophene rings is 1. The standard InChI is InChI=1S/C19H28N2O3S/c1-20(19(23)5-4-17(22)18-3-2-12-25-18)16-6-9-21(10-7-16)13-15-8-11-24-14-15/h2-3,12,15-16H,4-11,13-14H2,1H3. The van der Waals surface area contributed by atoms with Crippen LogP contribution in [0.4, 0.5) is 0 Å². The van der Waals surface area contributed by atoms with Gasteiger partial charge in [0, 0.05) is 52.2 Å². The normalized spacial score (nSPS) is 22.2. The molecule has 3 heterocycles. The van der Waals surface area contributed by atoms with E-state index < -0.39 is 0 Å². The van der Waals surface area contributed by atoms with Crippen molar-refractivity contribution < 1.29 is 14.3 Å². The summed E-state index contributed by atoms with van der Waals surface area (Å²) in [4.78, 5) is 29.6. The topological polar surface area (TPSA) is 49.9 Å². The third kappa shape index (κ3) is 5.12. The fourth-order valence-corrected chi connectivity index (χ4v) is 4.44. The number of rotatable bonds is 7. The van der Waals surface area contributed by atoms with Crippen LogP contribution in [-0.2, 0) is 9.53 Å². The summed E-state index contributed by atoms with van der Waals surface area (Å²) in [5, 5.41) is 1.90. The zero-order chi connectivity index (χ0) is 17.6. The molecule has 1 unspecified atom stereocenters. The zero-order valence-corrected chi connectivity index (χ0v) is 15.8. The molecule has 25 heavy (non-hydrogen) atoms. The minimum absolute atomic E-state index is 0.0744. The minimum Gasteiger partial charge on any atom is -0.381 e. The number of likely N-dealkylation sites (tertiary alicyclic amines) is 1. The second kappa shape index (κ2) is 8.92. The van der Waals surface area contributed by atoms with E-state index in [1.165, 1.54) is 17.8 Å². The van der Waals surface area contributed by atoms with Crippen molar-refractivity contribution in [3.05, 3.63) is 22.4 Å². The lowest BCUT2D eigenvalue weighted by molar-refractivity contribution is -0.132. The van der Waals surface area contributed by atoms with Gasteiger partial charge in [-0.3, -0.25) is 9.59 Å². The van der Waals surface area contributed by atoms with Gasteiger partial charge in [0.15, 0.2) is 5.78 Å². The van der Waals surface area contributed by atoms with Crippen LogP contribution >= 0.6 is 11.3 Å². The number of Topliss-reactive ketones (excluding diaryl/α,β-unsaturated/α-hetero) is 1. The average molecular weight is 365 g/mol. The number of ether oxygens (including phenoxy) is 1. The van der Waals surface area contributed by atoms with Gasteiger partial charge in [-0.2, -0.15) is 0 Å². The largest absolute Gasteiger partial charge is 0.381 e. The van der Waals surface area contributed by atoms with Gasteiger partial charge in [-0.05, 0) is 36.6 Å². The third-order valence-electron chi connectivity index (χ3n) is 5.40. The Bertz CT molecular complexity index is 561. The first-order valence-corrected chi connectivity index (χ1v) is 10.1. The lowest BCUT2D eigenvalue weighted by Crippen LogP contribution is -2.46. The van der Waals surface area contributed by atoms with Gasteiger partial charge < -0.3 is 14.5 Å². The van der Waals surface area contributed by atoms with E-state index in [9.17, 15) is 9.59 Å². The molecule has 2 aliphatic rings. The monoisotopic (exact) mass is 364 g/mol. The molecule has 1 aromatic heterocycles. The van der Waals surface area contributed by atoms with Gasteiger partial charge in [0.1, 0.15) is 0 Å². The highest BCUT2D eigenvalue weighted by Gasteiger charge is 2.27. The summed E-state index contributed by atoms with van der Waals surface area (Å²) in [7, 11) is 1.89. The van der Waals surface area contributed by atoms with Crippen LogP contribution < -0.4 is 0 Å². The Morgan fingerprint density at radius 3 is 2.72 bits per heavy atom. The van der Waals surface area contributed by atoms with Gasteiger partial charge >= 0.3 is 0 Å². The first-order valence-electron chi connectivity index (χ1n) is 9.26. The van der Waals surface area contributed by atoms with Crippen LogP contribution in [0.5, 0.6) is 0 Å². The number of carbonyl (C=O) groups excluding carboxylic acids is 2. The molecule has 5 nitrogen and oxygen atoms in total. The smallest absolute Gasteiger partial charge is 0.223 e. The summed E-state index contributed by atoms with van der Waals surface area (Å²) < 4.78 is 5.46. The molecular weight excluding hydrogens is 336 g/mol. The molecular formula is C19H28N2O3S. The summed E-state index contributed by atoms with van der Waals surface area (Å²) in [6.45, 7) is 5.03. The van der Waals surface area contributed by atoms with Crippen molar-refractivity contribution >= 4 is 23.0 Å². The fourth-order valence-electron chi connectivity index (χ4n) is 3.74. The maximum atomic E-state index is 12.4. The predicted octanol–water partition coefficient (Wildman–Crippen LogP) is 2.67. The van der Waals surface area contributed by atoms with Crippen molar-refractivity contribution in [2.45, 2.75) is 38.1 Å². The molecule has 138 valence electrons. The molecule has 1 atom stereocenters. The molecule has 0 aliphatic carbocycles. The summed E-state index contributed by atoms with van der Waals surface area (Å²) >= 11 is 1.44. The van der Waals surface area contributed by atoms with Gasteiger partial charge in [-0.1, -0.05) is 6.07 Å². The molecule has 1 aromatic rings. The van der Waals surface area contributed by atoms with Crippen LogP contribution in [0.1, 0.15) is 41.8 Å². The Morgan fingerprint density at radius 2 is 2.08 bits per heavy atom. The Labute approximate surface area is 153 Å². The Hall–Kier alpha value is -1.24. The van der Waals surface area contributed by atoms with Crippen molar-refractivity contribution in [3.63, 3.8) is 0 Å². The molecule has 0 saturated carbocycles. The van der Waals surface area contributed by atoms with E-state index in [0.29, 0.717) is 24.8 Å². The molecule has 0 N–H and O–H groups in total. The predicted molar refractivity (Wildman–Crippen MR) is 99.0 cm³/mol. The van der Waals surface area contributed by atoms with Crippen molar-refractivity contribution in [2.75, 3.05) is 39.9 Å². The average Bonchev–Trinajstić information content (AvgIpc) is 3.33. The van der Waals surface area contributed by atoms with Crippen LogP contribution in [0.3, 0.4) is 0 Å². The molecule has 1 amide bonds. The number of hydrogen-bond acceptors (Lipinski definition) is 5. The van der Waals surface area contributed by atoms with Crippen LogP contribution in [0.15, 0.2) is 17.5 Å². The van der Waals surface area contributed by atoms with E-state index >= 15 is 0 Å². The molecule has 6 heteroatoms. The van der Waals surface area contributed by atoms with Crippen LogP contribution in [-0.4, -0.2) is 67.4 Å². The number of carbonyl (C=O) groups is 2. The highest BCUT2D eigenvalue weighted by Crippen LogP contribution is 2.21. The van der Waals surface area contributed by atoms with E-state index in [0.717, 1.165) is 50.6 Å². The second-order valence-electron chi connectivity index (χ2n) is 7.17. The van der Waals surface area contributed by atoms with Crippen LogP contribution in [0.25, 0.3) is 0 Å². The quantitative estimate of drug-likeness (QED) is 0.698. The summed E-state index contributed by atoms with van der Waals surface area (Å²) in [5.74, 6) is 0.845. The molecule has 2 fully saturated rings. The molecule has 2 aliphatic heterocycles. The molecule has 0 bridgehead atoms. The third-order valence-corrected chi connectivity index (χ3v) is 6.31. The molecule has 0 radical (unpaired) electrons. The lowest BCUT2D eigenvalue weighted by atomic mass is 10.0. The minimum atomic E-state index is 0.0744. The number of nitrogens with zero attached hydrogens (tertiary/aromatic N) is 2. The van der Waals surface area contributed by atoms with Crippen molar-refractivity contribution in [1.82, 2.24) is 9.80 Å². The van der Waals surface area contributed by atoms with Crippen LogP contribution in [0.2, 0.25) is 0 Å². The van der Waals surface area contributed by atoms with Gasteiger partial charge in [0.25, 0.3) is 0 Å². The molecule has 0 aromatic carbocycles. The first-order chi connectivity index (χ1) is 12.1. The fraction of sp³-hybridized carbons (Fsp3) is 0.684. The van der Waals surface area contributed by atoms with Gasteiger partial charge in [0.05, 0.1) is 11.5 Å². The van der Waals surface area contributed by atoms with E-state index in [1.807, 2.05) is 29.5 Å². The van der Waals surface area contributed by atoms with E-state index in [1.54, 1.807) is 0 Å². The maximum Gasteiger partial charge on any atom is 0.223 e. The second-order valence-corrected chi connectivity index (χ2v) is 8.11. The Morgan fingerprint density at radius 1 is 1.28 bits per heavy atom. The molecule has 3 rings (SSSR count). The maximum absolute atomic E-state index is 12.4. The number of piperidine rings is 1. The highest BCUT2D eigenvalue weighted by molar-refractivity contribution is 7.12. The molecule has 0 spiro atoms. The number of amides is 1. The Kier molecular flexibility index (Phi) is 6.62. The first kappa shape index (κ1) is 18.5. The zero-order valence-electron chi connectivity index (χ0n) is 15.0. The van der Waals surface area contributed by atoms with Crippen LogP contribution in [0, 0.1) is 5.92 Å². The highest BCUT2D eigenvalue weighted by atomic mass is 32.1. The van der Waals surface area contributed by atoms with Gasteiger partial charge in [-0.15, -0.1) is 11.3 Å². The van der Waals surface area contributed by atoms with E-state index in [4.69, 9.17) is 4.74 Å². The summed E-state index contributed by atoms with van der Waals surface area (Å²) in [5.41, 5.74) is 0. The number of ketones is 1. The SMILES string of the molecule is CN(C(=O)CCC(=O)c1cccs1)C1CCN(CC2CCOC2)CC1. The van der Waals surface area contributed by atoms with Gasteiger partial charge in [0.2, 0.25) is 5.91 Å². The Balaban J connectivity index is 1.38. The molecule has 2 saturated heterocycles.